The van der Waals surface area contributed by atoms with E-state index in [1.165, 1.54) is 0 Å². The van der Waals surface area contributed by atoms with Crippen molar-refractivity contribution in [3.8, 4) is 5.75 Å². The molecular weight excluding hydrogens is 300 g/mol. The van der Waals surface area contributed by atoms with Crippen LogP contribution in [0.2, 0.25) is 0 Å². The highest BCUT2D eigenvalue weighted by molar-refractivity contribution is 7.85. The summed E-state index contributed by atoms with van der Waals surface area (Å²) in [4.78, 5) is 16.1. The van der Waals surface area contributed by atoms with Crippen LogP contribution in [0.15, 0.2) is 30.3 Å². The number of ether oxygens (including phenoxy) is 1. The first kappa shape index (κ1) is 17.0. The molecule has 1 aromatic rings. The number of rotatable bonds is 7. The first-order chi connectivity index (χ1) is 10.7. The van der Waals surface area contributed by atoms with Crippen LogP contribution in [0.25, 0.3) is 0 Å². The molecule has 1 atom stereocenters. The Balaban J connectivity index is 1.64. The van der Waals surface area contributed by atoms with Gasteiger partial charge in [0.1, 0.15) is 18.1 Å². The van der Waals surface area contributed by atoms with E-state index in [4.69, 9.17) is 4.74 Å². The van der Waals surface area contributed by atoms with E-state index < -0.39 is 10.8 Å². The average Bonchev–Trinajstić information content (AvgIpc) is 2.56. The third-order valence-electron chi connectivity index (χ3n) is 3.75. The molecule has 0 bridgehead atoms. The van der Waals surface area contributed by atoms with Gasteiger partial charge in [-0.1, -0.05) is 25.1 Å². The zero-order chi connectivity index (χ0) is 15.8. The summed E-state index contributed by atoms with van der Waals surface area (Å²) in [5.41, 5.74) is 0. The van der Waals surface area contributed by atoms with E-state index in [2.05, 4.69) is 4.90 Å². The summed E-state index contributed by atoms with van der Waals surface area (Å²) in [7, 11) is -1.02. The van der Waals surface area contributed by atoms with Crippen molar-refractivity contribution >= 4 is 16.7 Å². The van der Waals surface area contributed by atoms with Crippen LogP contribution in [0.4, 0.5) is 0 Å². The molecule has 0 spiro atoms. The van der Waals surface area contributed by atoms with Crippen molar-refractivity contribution in [3.05, 3.63) is 30.3 Å². The molecule has 0 N–H and O–H groups in total. The highest BCUT2D eigenvalue weighted by atomic mass is 32.2. The Morgan fingerprint density at radius 3 is 2.50 bits per heavy atom. The van der Waals surface area contributed by atoms with E-state index in [1.54, 1.807) is 0 Å². The number of carbonyl (C=O) groups is 1. The van der Waals surface area contributed by atoms with Crippen molar-refractivity contribution in [2.45, 2.75) is 6.92 Å². The maximum atomic E-state index is 12.0. The quantitative estimate of drug-likeness (QED) is 0.750. The molecule has 1 amide bonds. The number of para-hydroxylation sites is 1. The molecule has 122 valence electrons. The molecule has 5 nitrogen and oxygen atoms in total. The fourth-order valence-electron chi connectivity index (χ4n) is 2.36. The second kappa shape index (κ2) is 8.90. The molecular formula is C16H24N2O3S. The molecule has 1 aliphatic rings. The van der Waals surface area contributed by atoms with Crippen LogP contribution < -0.4 is 4.74 Å². The predicted molar refractivity (Wildman–Crippen MR) is 88.5 cm³/mol. The lowest BCUT2D eigenvalue weighted by molar-refractivity contribution is -0.130. The molecule has 1 unspecified atom stereocenters. The summed E-state index contributed by atoms with van der Waals surface area (Å²) >= 11 is 0. The minimum atomic E-state index is -1.02. The molecule has 2 rings (SSSR count). The predicted octanol–water partition coefficient (Wildman–Crippen LogP) is 0.978. The fraction of sp³-hybridized carbons (Fsp3) is 0.562. The maximum absolute atomic E-state index is 12.0. The molecule has 1 heterocycles. The molecule has 0 saturated carbocycles. The second-order valence-electron chi connectivity index (χ2n) is 5.26. The molecule has 1 aromatic carbocycles. The van der Waals surface area contributed by atoms with Gasteiger partial charge in [0.15, 0.2) is 0 Å². The number of carbonyl (C=O) groups excluding carboxylic acids is 1. The fourth-order valence-corrected chi connectivity index (χ4v) is 3.02. The lowest BCUT2D eigenvalue weighted by Crippen LogP contribution is -2.50. The van der Waals surface area contributed by atoms with Gasteiger partial charge in [0.05, 0.1) is 0 Å². The summed E-state index contributed by atoms with van der Waals surface area (Å²) in [6.07, 6.45) is 0. The monoisotopic (exact) mass is 324 g/mol. The van der Waals surface area contributed by atoms with E-state index >= 15 is 0 Å². The van der Waals surface area contributed by atoms with E-state index in [9.17, 15) is 9.00 Å². The van der Waals surface area contributed by atoms with E-state index in [0.29, 0.717) is 25.4 Å². The van der Waals surface area contributed by atoms with Gasteiger partial charge in [-0.2, -0.15) is 0 Å². The Morgan fingerprint density at radius 1 is 1.18 bits per heavy atom. The molecule has 22 heavy (non-hydrogen) atoms. The molecule has 1 aliphatic heterocycles. The van der Waals surface area contributed by atoms with Crippen molar-refractivity contribution in [1.29, 1.82) is 0 Å². The highest BCUT2D eigenvalue weighted by Crippen LogP contribution is 2.08. The van der Waals surface area contributed by atoms with Crippen molar-refractivity contribution in [2.24, 2.45) is 0 Å². The van der Waals surface area contributed by atoms with Gasteiger partial charge < -0.3 is 9.64 Å². The smallest absolute Gasteiger partial charge is 0.235 e. The zero-order valence-electron chi connectivity index (χ0n) is 13.1. The van der Waals surface area contributed by atoms with E-state index in [1.807, 2.05) is 42.2 Å². The summed E-state index contributed by atoms with van der Waals surface area (Å²) in [5.74, 6) is 1.61. The van der Waals surface area contributed by atoms with Gasteiger partial charge in [-0.05, 0) is 12.1 Å². The van der Waals surface area contributed by atoms with Gasteiger partial charge in [0.2, 0.25) is 5.91 Å². The Kier molecular flexibility index (Phi) is 6.86. The van der Waals surface area contributed by atoms with Crippen molar-refractivity contribution < 1.29 is 13.7 Å². The van der Waals surface area contributed by atoms with Gasteiger partial charge >= 0.3 is 0 Å². The summed E-state index contributed by atoms with van der Waals surface area (Å²) in [6.45, 7) is 6.48. The number of hydrogen-bond donors (Lipinski definition) is 0. The van der Waals surface area contributed by atoms with Gasteiger partial charge in [-0.25, -0.2) is 0 Å². The zero-order valence-corrected chi connectivity index (χ0v) is 13.9. The molecule has 0 aliphatic carbocycles. The lowest BCUT2D eigenvalue weighted by Gasteiger charge is -2.34. The Hall–Kier alpha value is -1.40. The van der Waals surface area contributed by atoms with Crippen LogP contribution in [0.5, 0.6) is 5.75 Å². The minimum absolute atomic E-state index is 0.0142. The van der Waals surface area contributed by atoms with Crippen molar-refractivity contribution in [1.82, 2.24) is 9.80 Å². The lowest BCUT2D eigenvalue weighted by atomic mass is 10.3. The van der Waals surface area contributed by atoms with Crippen LogP contribution in [0.1, 0.15) is 6.92 Å². The van der Waals surface area contributed by atoms with Crippen LogP contribution in [-0.4, -0.2) is 70.8 Å². The summed E-state index contributed by atoms with van der Waals surface area (Å²) in [6, 6.07) is 9.78. The van der Waals surface area contributed by atoms with E-state index in [-0.39, 0.29) is 11.7 Å². The summed E-state index contributed by atoms with van der Waals surface area (Å²) in [5, 5.41) is 0. The molecule has 6 heteroatoms. The largest absolute Gasteiger partial charge is 0.492 e. The first-order valence-electron chi connectivity index (χ1n) is 7.72. The Labute approximate surface area is 134 Å². The van der Waals surface area contributed by atoms with Gasteiger partial charge in [0, 0.05) is 49.3 Å². The minimum Gasteiger partial charge on any atom is -0.492 e. The topological polar surface area (TPSA) is 49.9 Å². The number of amides is 1. The van der Waals surface area contributed by atoms with Crippen LogP contribution in [0, 0.1) is 0 Å². The van der Waals surface area contributed by atoms with Crippen molar-refractivity contribution in [3.63, 3.8) is 0 Å². The molecule has 0 aromatic heterocycles. The van der Waals surface area contributed by atoms with Crippen molar-refractivity contribution in [2.75, 3.05) is 50.8 Å². The standard InChI is InChI=1S/C16H24N2O3S/c1-2-22(20)14-16(19)18-10-8-17(9-11-18)12-13-21-15-6-4-3-5-7-15/h3-7H,2,8-14H2,1H3. The average molecular weight is 324 g/mol. The number of piperazine rings is 1. The van der Waals surface area contributed by atoms with Gasteiger partial charge in [-0.15, -0.1) is 0 Å². The summed E-state index contributed by atoms with van der Waals surface area (Å²) < 4.78 is 17.1. The normalized spacial score (nSPS) is 17.2. The maximum Gasteiger partial charge on any atom is 0.235 e. The first-order valence-corrected chi connectivity index (χ1v) is 9.21. The SMILES string of the molecule is CCS(=O)CC(=O)N1CCN(CCOc2ccccc2)CC1. The van der Waals surface area contributed by atoms with Gasteiger partial charge in [0.25, 0.3) is 0 Å². The Bertz CT molecular complexity index is 487. The van der Waals surface area contributed by atoms with Crippen LogP contribution in [-0.2, 0) is 15.6 Å². The number of hydrogen-bond acceptors (Lipinski definition) is 4. The van der Waals surface area contributed by atoms with Crippen LogP contribution in [0.3, 0.4) is 0 Å². The molecule has 0 radical (unpaired) electrons. The third kappa shape index (κ3) is 5.42. The number of nitrogens with zero attached hydrogens (tertiary/aromatic N) is 2. The van der Waals surface area contributed by atoms with Gasteiger partial charge in [-0.3, -0.25) is 13.9 Å². The van der Waals surface area contributed by atoms with E-state index in [0.717, 1.165) is 25.4 Å². The Morgan fingerprint density at radius 2 is 1.86 bits per heavy atom. The molecule has 1 fully saturated rings. The second-order valence-corrected chi connectivity index (χ2v) is 7.00. The van der Waals surface area contributed by atoms with Crippen LogP contribution >= 0.6 is 0 Å². The number of benzene rings is 1. The highest BCUT2D eigenvalue weighted by Gasteiger charge is 2.21. The third-order valence-corrected chi connectivity index (χ3v) is 4.96. The molecule has 1 saturated heterocycles.